The number of aromatic nitrogens is 3. The molecule has 3 aromatic rings. The van der Waals surface area contributed by atoms with Crippen LogP contribution in [0.4, 0.5) is 22.0 Å². The second-order valence-corrected chi connectivity index (χ2v) is 10.5. The molecule has 0 saturated carbocycles. The molecule has 1 aliphatic heterocycles. The van der Waals surface area contributed by atoms with Gasteiger partial charge in [0, 0.05) is 36.3 Å². The summed E-state index contributed by atoms with van der Waals surface area (Å²) in [6, 6.07) is 6.32. The maximum atomic E-state index is 14.6. The van der Waals surface area contributed by atoms with Gasteiger partial charge in [-0.25, -0.2) is 27.2 Å². The van der Waals surface area contributed by atoms with Crippen molar-refractivity contribution in [2.45, 2.75) is 43.1 Å². The Kier molecular flexibility index (Phi) is 7.38. The van der Waals surface area contributed by atoms with E-state index in [1.807, 2.05) is 0 Å². The first kappa shape index (κ1) is 26.7. The fraction of sp³-hybridized carbons (Fsp3) is 0.333. The number of carbonyl (C=O) groups is 1. The maximum Gasteiger partial charge on any atom is 0.433 e. The number of sulfonamides is 1. The largest absolute Gasteiger partial charge is 0.433 e. The molecule has 0 radical (unpaired) electrons. The highest BCUT2D eigenvalue weighted by Crippen LogP contribution is 2.34. The van der Waals surface area contributed by atoms with E-state index >= 15 is 0 Å². The van der Waals surface area contributed by atoms with Crippen LogP contribution in [0.5, 0.6) is 0 Å². The van der Waals surface area contributed by atoms with E-state index in [2.05, 4.69) is 15.0 Å². The number of hydrogen-bond acceptors (Lipinski definition) is 6. The van der Waals surface area contributed by atoms with Crippen LogP contribution in [0, 0.1) is 11.7 Å². The molecule has 1 fully saturated rings. The van der Waals surface area contributed by atoms with Gasteiger partial charge >= 0.3 is 6.18 Å². The van der Waals surface area contributed by atoms with Gasteiger partial charge in [0.15, 0.2) is 5.78 Å². The van der Waals surface area contributed by atoms with Crippen molar-refractivity contribution < 1.29 is 35.2 Å². The Balaban J connectivity index is 1.50. The van der Waals surface area contributed by atoms with Crippen molar-refractivity contribution >= 4 is 15.8 Å². The van der Waals surface area contributed by atoms with Gasteiger partial charge in [0.05, 0.1) is 16.6 Å². The molecule has 37 heavy (non-hydrogen) atoms. The number of benzene rings is 1. The van der Waals surface area contributed by atoms with E-state index in [1.165, 1.54) is 25.4 Å². The predicted molar refractivity (Wildman–Crippen MR) is 122 cm³/mol. The van der Waals surface area contributed by atoms with Crippen molar-refractivity contribution in [2.24, 2.45) is 5.92 Å². The fourth-order valence-electron chi connectivity index (χ4n) is 4.16. The summed E-state index contributed by atoms with van der Waals surface area (Å²) in [4.78, 5) is 24.4. The topological polar surface area (TPSA) is 93.1 Å². The third-order valence-electron chi connectivity index (χ3n) is 6.18. The summed E-state index contributed by atoms with van der Waals surface area (Å²) in [5, 5.41) is 0. The molecule has 1 saturated heterocycles. The van der Waals surface area contributed by atoms with Gasteiger partial charge in [0.1, 0.15) is 24.0 Å². The Morgan fingerprint density at radius 3 is 2.41 bits per heavy atom. The van der Waals surface area contributed by atoms with Crippen molar-refractivity contribution in [1.82, 2.24) is 19.3 Å². The number of alkyl halides is 4. The standard InChI is InChI=1S/C24H21F5N4O3S/c1-14-19(26)12-33(37(35,36)18-6-3-16(25)4-7-18)23(14)21(34)8-5-17-10-20(32-13-31-17)15-2-9-22(30-11-15)24(27,28)29/h2-4,6-7,9-11,13-14,19,23H,5,8,12H2,1H3/t14?,19-,23-/m0/s1. The highest BCUT2D eigenvalue weighted by Gasteiger charge is 2.48. The molecule has 196 valence electrons. The smallest absolute Gasteiger partial charge is 0.298 e. The molecule has 1 aliphatic rings. The van der Waals surface area contributed by atoms with E-state index < -0.39 is 58.2 Å². The van der Waals surface area contributed by atoms with Crippen LogP contribution in [0.1, 0.15) is 24.7 Å². The van der Waals surface area contributed by atoms with Gasteiger partial charge in [0.25, 0.3) is 0 Å². The van der Waals surface area contributed by atoms with Crippen LogP contribution in [0.3, 0.4) is 0 Å². The summed E-state index contributed by atoms with van der Waals surface area (Å²) in [6.07, 6.45) is -4.04. The van der Waals surface area contributed by atoms with Crippen LogP contribution in [0.25, 0.3) is 11.3 Å². The molecular formula is C24H21F5N4O3S. The lowest BCUT2D eigenvalue weighted by atomic mass is 9.95. The molecular weight excluding hydrogens is 519 g/mol. The van der Waals surface area contributed by atoms with Crippen LogP contribution >= 0.6 is 0 Å². The third-order valence-corrected chi connectivity index (χ3v) is 8.05. The van der Waals surface area contributed by atoms with Crippen LogP contribution in [-0.4, -0.2) is 52.2 Å². The fourth-order valence-corrected chi connectivity index (χ4v) is 5.86. The van der Waals surface area contributed by atoms with E-state index in [9.17, 15) is 35.2 Å². The number of aryl methyl sites for hydroxylation is 1. The summed E-state index contributed by atoms with van der Waals surface area (Å²) in [6.45, 7) is 0.948. The number of nitrogens with zero attached hydrogens (tertiary/aromatic N) is 4. The second-order valence-electron chi connectivity index (χ2n) is 8.64. The monoisotopic (exact) mass is 540 g/mol. The van der Waals surface area contributed by atoms with Gasteiger partial charge in [-0.05, 0) is 48.9 Å². The van der Waals surface area contributed by atoms with Gasteiger partial charge in [0.2, 0.25) is 10.0 Å². The highest BCUT2D eigenvalue weighted by molar-refractivity contribution is 7.89. The average molecular weight is 541 g/mol. The minimum Gasteiger partial charge on any atom is -0.298 e. The van der Waals surface area contributed by atoms with Crippen molar-refractivity contribution in [2.75, 3.05) is 6.54 Å². The molecule has 0 N–H and O–H groups in total. The lowest BCUT2D eigenvalue weighted by Gasteiger charge is -2.25. The lowest BCUT2D eigenvalue weighted by Crippen LogP contribution is -2.42. The van der Waals surface area contributed by atoms with Crippen molar-refractivity contribution in [3.63, 3.8) is 0 Å². The van der Waals surface area contributed by atoms with Crippen molar-refractivity contribution in [3.8, 4) is 11.3 Å². The number of Topliss-reactive ketones (excluding diaryl/α,β-unsaturated/α-hetero) is 1. The zero-order chi connectivity index (χ0) is 27.0. The van der Waals surface area contributed by atoms with Crippen LogP contribution in [0.15, 0.2) is 59.9 Å². The Hall–Kier alpha value is -3.32. The predicted octanol–water partition coefficient (Wildman–Crippen LogP) is 4.25. The molecule has 13 heteroatoms. The van der Waals surface area contributed by atoms with Crippen LogP contribution < -0.4 is 0 Å². The Bertz CT molecular complexity index is 1380. The summed E-state index contributed by atoms with van der Waals surface area (Å²) < 4.78 is 93.1. The van der Waals surface area contributed by atoms with Crippen LogP contribution in [0.2, 0.25) is 0 Å². The summed E-state index contributed by atoms with van der Waals surface area (Å²) in [5.74, 6) is -2.06. The quantitative estimate of drug-likeness (QED) is 0.416. The molecule has 0 amide bonds. The van der Waals surface area contributed by atoms with E-state index in [0.29, 0.717) is 11.3 Å². The Morgan fingerprint density at radius 2 is 1.78 bits per heavy atom. The highest BCUT2D eigenvalue weighted by atomic mass is 32.2. The van der Waals surface area contributed by atoms with Gasteiger partial charge < -0.3 is 0 Å². The normalized spacial score (nSPS) is 20.8. The summed E-state index contributed by atoms with van der Waals surface area (Å²) in [5.41, 5.74) is -0.0665. The van der Waals surface area contributed by atoms with Crippen molar-refractivity contribution in [1.29, 1.82) is 0 Å². The molecule has 3 heterocycles. The molecule has 4 rings (SSSR count). The first-order valence-corrected chi connectivity index (χ1v) is 12.6. The van der Waals surface area contributed by atoms with Gasteiger partial charge in [-0.1, -0.05) is 6.92 Å². The molecule has 0 bridgehead atoms. The number of rotatable bonds is 7. The van der Waals surface area contributed by atoms with Gasteiger partial charge in [-0.15, -0.1) is 0 Å². The lowest BCUT2D eigenvalue weighted by molar-refractivity contribution is -0.141. The first-order valence-electron chi connectivity index (χ1n) is 11.2. The SMILES string of the molecule is CC1[C@@H](C(=O)CCc2cc(-c3ccc(C(F)(F)F)nc3)ncn2)N(S(=O)(=O)c2ccc(F)cc2)C[C@@H]1F. The number of pyridine rings is 1. The molecule has 3 atom stereocenters. The van der Waals surface area contributed by atoms with Gasteiger partial charge in [-0.3, -0.25) is 9.78 Å². The number of hydrogen-bond donors (Lipinski definition) is 0. The molecule has 2 aromatic heterocycles. The molecule has 1 aromatic carbocycles. The van der Waals surface area contributed by atoms with E-state index in [4.69, 9.17) is 0 Å². The third kappa shape index (κ3) is 5.67. The van der Waals surface area contributed by atoms with Gasteiger partial charge in [-0.2, -0.15) is 17.5 Å². The molecule has 7 nitrogen and oxygen atoms in total. The Morgan fingerprint density at radius 1 is 1.08 bits per heavy atom. The maximum absolute atomic E-state index is 14.6. The van der Waals surface area contributed by atoms with E-state index in [1.54, 1.807) is 0 Å². The zero-order valence-electron chi connectivity index (χ0n) is 19.4. The Labute approximate surface area is 209 Å². The van der Waals surface area contributed by atoms with E-state index in [-0.39, 0.29) is 23.4 Å². The first-order chi connectivity index (χ1) is 17.4. The number of halogens is 5. The molecule has 0 aliphatic carbocycles. The minimum absolute atomic E-state index is 0.0625. The second kappa shape index (κ2) is 10.2. The molecule has 0 spiro atoms. The number of ketones is 1. The average Bonchev–Trinajstić information content (AvgIpc) is 3.17. The van der Waals surface area contributed by atoms with Crippen molar-refractivity contribution in [3.05, 3.63) is 72.2 Å². The summed E-state index contributed by atoms with van der Waals surface area (Å²) in [7, 11) is -4.26. The summed E-state index contributed by atoms with van der Waals surface area (Å²) >= 11 is 0. The number of carbonyl (C=O) groups excluding carboxylic acids is 1. The van der Waals surface area contributed by atoms with E-state index in [0.717, 1.165) is 40.8 Å². The minimum atomic E-state index is -4.58. The van der Waals surface area contributed by atoms with Crippen LogP contribution in [-0.2, 0) is 27.4 Å². The zero-order valence-corrected chi connectivity index (χ0v) is 20.2. The molecule has 1 unspecified atom stereocenters.